The van der Waals surface area contributed by atoms with Crippen LogP contribution in [0.2, 0.25) is 5.02 Å². The Morgan fingerprint density at radius 1 is 1.09 bits per heavy atom. The number of aromatic nitrogens is 1. The number of benzene rings is 2. The topological polar surface area (TPSA) is 55.1 Å². The highest BCUT2D eigenvalue weighted by Crippen LogP contribution is 2.22. The van der Waals surface area contributed by atoms with E-state index < -0.39 is 0 Å². The number of amides is 1. The number of halogens is 1. The summed E-state index contributed by atoms with van der Waals surface area (Å²) in [6, 6.07) is 18.4. The third-order valence-corrected chi connectivity index (χ3v) is 3.42. The van der Waals surface area contributed by atoms with E-state index in [1.165, 1.54) is 0 Å². The summed E-state index contributed by atoms with van der Waals surface area (Å²) in [7, 11) is 0. The molecule has 0 bridgehead atoms. The lowest BCUT2D eigenvalue weighted by atomic mass is 10.1. The third kappa shape index (κ3) is 3.35. The van der Waals surface area contributed by atoms with Crippen LogP contribution in [0.1, 0.15) is 16.1 Å². The molecule has 1 N–H and O–H groups in total. The highest BCUT2D eigenvalue weighted by atomic mass is 35.5. The molecule has 0 saturated carbocycles. The average molecular weight is 313 g/mol. The molecule has 4 nitrogen and oxygen atoms in total. The third-order valence-electron chi connectivity index (χ3n) is 3.17. The minimum Gasteiger partial charge on any atom is -0.355 e. The number of hydrogen-bond donors (Lipinski definition) is 1. The zero-order chi connectivity index (χ0) is 15.4. The van der Waals surface area contributed by atoms with E-state index in [4.69, 9.17) is 16.1 Å². The summed E-state index contributed by atoms with van der Waals surface area (Å²) in [6.07, 6.45) is 0. The lowest BCUT2D eigenvalue weighted by molar-refractivity contribution is 0.0942. The summed E-state index contributed by atoms with van der Waals surface area (Å²) < 4.78 is 5.21. The van der Waals surface area contributed by atoms with Crippen molar-refractivity contribution in [2.24, 2.45) is 0 Å². The van der Waals surface area contributed by atoms with Crippen LogP contribution in [-0.4, -0.2) is 11.1 Å². The molecule has 1 aromatic heterocycles. The molecule has 1 heterocycles. The second-order valence-electron chi connectivity index (χ2n) is 4.75. The number of nitrogens with one attached hydrogen (secondary N) is 1. The second-order valence-corrected chi connectivity index (χ2v) is 5.19. The maximum Gasteiger partial charge on any atom is 0.273 e. The van der Waals surface area contributed by atoms with Gasteiger partial charge < -0.3 is 9.84 Å². The Hall–Kier alpha value is -2.59. The zero-order valence-corrected chi connectivity index (χ0v) is 12.4. The van der Waals surface area contributed by atoms with Gasteiger partial charge in [0.25, 0.3) is 5.91 Å². The van der Waals surface area contributed by atoms with Gasteiger partial charge in [-0.1, -0.05) is 47.1 Å². The van der Waals surface area contributed by atoms with E-state index in [0.29, 0.717) is 17.3 Å². The highest BCUT2D eigenvalue weighted by molar-refractivity contribution is 6.30. The van der Waals surface area contributed by atoms with Crippen LogP contribution in [0, 0.1) is 0 Å². The molecule has 0 saturated heterocycles. The van der Waals surface area contributed by atoms with Crippen LogP contribution in [-0.2, 0) is 6.54 Å². The van der Waals surface area contributed by atoms with Crippen LogP contribution >= 0.6 is 11.6 Å². The zero-order valence-electron chi connectivity index (χ0n) is 11.6. The molecule has 0 radical (unpaired) electrons. The van der Waals surface area contributed by atoms with Crippen molar-refractivity contribution in [2.75, 3.05) is 0 Å². The van der Waals surface area contributed by atoms with Crippen LogP contribution in [0.5, 0.6) is 0 Å². The second kappa shape index (κ2) is 6.45. The van der Waals surface area contributed by atoms with Gasteiger partial charge in [-0.05, 0) is 29.8 Å². The molecule has 5 heteroatoms. The van der Waals surface area contributed by atoms with Crippen molar-refractivity contribution in [3.8, 4) is 11.3 Å². The van der Waals surface area contributed by atoms with E-state index >= 15 is 0 Å². The number of rotatable bonds is 4. The van der Waals surface area contributed by atoms with Crippen LogP contribution in [0.4, 0.5) is 0 Å². The van der Waals surface area contributed by atoms with Crippen molar-refractivity contribution >= 4 is 17.5 Å². The maximum atomic E-state index is 12.1. The molecule has 0 unspecified atom stereocenters. The minimum atomic E-state index is -0.271. The van der Waals surface area contributed by atoms with Gasteiger partial charge in [-0.15, -0.1) is 0 Å². The molecular weight excluding hydrogens is 300 g/mol. The average Bonchev–Trinajstić information content (AvgIpc) is 3.04. The maximum absolute atomic E-state index is 12.1. The molecule has 0 aliphatic heterocycles. The van der Waals surface area contributed by atoms with Crippen LogP contribution in [0.3, 0.4) is 0 Å². The van der Waals surface area contributed by atoms with Crippen molar-refractivity contribution in [2.45, 2.75) is 6.54 Å². The van der Waals surface area contributed by atoms with Crippen molar-refractivity contribution in [3.05, 3.63) is 76.9 Å². The molecule has 3 rings (SSSR count). The molecule has 110 valence electrons. The van der Waals surface area contributed by atoms with Crippen molar-refractivity contribution in [1.82, 2.24) is 10.5 Å². The smallest absolute Gasteiger partial charge is 0.273 e. The van der Waals surface area contributed by atoms with Gasteiger partial charge >= 0.3 is 0 Å². The van der Waals surface area contributed by atoms with Gasteiger partial charge in [-0.25, -0.2) is 0 Å². The van der Waals surface area contributed by atoms with Gasteiger partial charge in [-0.2, -0.15) is 0 Å². The molecule has 0 atom stereocenters. The predicted molar refractivity (Wildman–Crippen MR) is 84.6 cm³/mol. The minimum absolute atomic E-state index is 0.251. The van der Waals surface area contributed by atoms with Crippen LogP contribution in [0.15, 0.2) is 65.2 Å². The van der Waals surface area contributed by atoms with Crippen molar-refractivity contribution in [3.63, 3.8) is 0 Å². The summed E-state index contributed by atoms with van der Waals surface area (Å²) in [6.45, 7) is 0.447. The Morgan fingerprint density at radius 3 is 2.55 bits per heavy atom. The van der Waals surface area contributed by atoms with E-state index in [9.17, 15) is 4.79 Å². The Kier molecular flexibility index (Phi) is 4.21. The van der Waals surface area contributed by atoms with E-state index in [1.807, 2.05) is 42.5 Å². The number of nitrogens with zero attached hydrogens (tertiary/aromatic N) is 1. The highest BCUT2D eigenvalue weighted by Gasteiger charge is 2.13. The summed E-state index contributed by atoms with van der Waals surface area (Å²) >= 11 is 5.84. The summed E-state index contributed by atoms with van der Waals surface area (Å²) in [5.74, 6) is 0.259. The van der Waals surface area contributed by atoms with E-state index in [2.05, 4.69) is 10.5 Å². The summed E-state index contributed by atoms with van der Waals surface area (Å²) in [5, 5.41) is 7.26. The van der Waals surface area contributed by atoms with Gasteiger partial charge in [0.2, 0.25) is 0 Å². The van der Waals surface area contributed by atoms with Crippen LogP contribution < -0.4 is 5.32 Å². The van der Waals surface area contributed by atoms with Gasteiger partial charge in [0, 0.05) is 23.2 Å². The SMILES string of the molecule is O=C(NCc1ccccc1)c1cc(-c2ccc(Cl)cc2)on1. The molecule has 3 aromatic rings. The number of hydrogen-bond acceptors (Lipinski definition) is 3. The number of carbonyl (C=O) groups excluding carboxylic acids is 1. The molecule has 1 amide bonds. The first kappa shape index (κ1) is 14.4. The Labute approximate surface area is 132 Å². The predicted octanol–water partition coefficient (Wildman–Crippen LogP) is 3.93. The fourth-order valence-corrected chi connectivity index (χ4v) is 2.13. The molecule has 2 aromatic carbocycles. The van der Waals surface area contributed by atoms with Crippen molar-refractivity contribution < 1.29 is 9.32 Å². The molecular formula is C17H13ClN2O2. The molecule has 0 spiro atoms. The Balaban J connectivity index is 1.68. The van der Waals surface area contributed by atoms with E-state index in [0.717, 1.165) is 11.1 Å². The first-order valence-electron chi connectivity index (χ1n) is 6.77. The molecule has 0 aliphatic carbocycles. The lowest BCUT2D eigenvalue weighted by Gasteiger charge is -2.02. The Morgan fingerprint density at radius 2 is 1.82 bits per heavy atom. The van der Waals surface area contributed by atoms with Crippen molar-refractivity contribution in [1.29, 1.82) is 0 Å². The van der Waals surface area contributed by atoms with Crippen LogP contribution in [0.25, 0.3) is 11.3 Å². The van der Waals surface area contributed by atoms with Gasteiger partial charge in [0.05, 0.1) is 0 Å². The van der Waals surface area contributed by atoms with Gasteiger partial charge in [0.1, 0.15) is 0 Å². The molecule has 0 aliphatic rings. The van der Waals surface area contributed by atoms with Gasteiger partial charge in [0.15, 0.2) is 11.5 Å². The molecule has 22 heavy (non-hydrogen) atoms. The fraction of sp³-hybridized carbons (Fsp3) is 0.0588. The largest absolute Gasteiger partial charge is 0.355 e. The quantitative estimate of drug-likeness (QED) is 0.794. The standard InChI is InChI=1S/C17H13ClN2O2/c18-14-8-6-13(7-9-14)16-10-15(20-22-16)17(21)19-11-12-4-2-1-3-5-12/h1-10H,11H2,(H,19,21). The number of carbonyl (C=O) groups is 1. The normalized spacial score (nSPS) is 10.4. The summed E-state index contributed by atoms with van der Waals surface area (Å²) in [5.41, 5.74) is 2.09. The molecule has 0 fully saturated rings. The fourth-order valence-electron chi connectivity index (χ4n) is 2.00. The van der Waals surface area contributed by atoms with Gasteiger partial charge in [-0.3, -0.25) is 4.79 Å². The monoisotopic (exact) mass is 312 g/mol. The Bertz CT molecular complexity index is 767. The van der Waals surface area contributed by atoms with E-state index in [1.54, 1.807) is 18.2 Å². The lowest BCUT2D eigenvalue weighted by Crippen LogP contribution is -2.22. The summed E-state index contributed by atoms with van der Waals surface area (Å²) in [4.78, 5) is 12.1. The van der Waals surface area contributed by atoms with E-state index in [-0.39, 0.29) is 11.6 Å². The first-order valence-corrected chi connectivity index (χ1v) is 7.15. The first-order chi connectivity index (χ1) is 10.7.